The molecule has 2 heterocycles. The molecule has 5 heteroatoms. The number of aryl methyl sites for hydroxylation is 1. The fourth-order valence-electron chi connectivity index (χ4n) is 1.75. The maximum Gasteiger partial charge on any atom is 0.242 e. The van der Waals surface area contributed by atoms with Crippen molar-refractivity contribution in [3.05, 3.63) is 17.8 Å². The number of hydrogen-bond acceptors (Lipinski definition) is 4. The number of carbonyl (C=O) groups is 1. The van der Waals surface area contributed by atoms with E-state index in [1.165, 1.54) is 6.07 Å². The molecular formula is C11H15N3O2. The summed E-state index contributed by atoms with van der Waals surface area (Å²) in [7, 11) is 0. The second-order valence-electron chi connectivity index (χ2n) is 3.96. The van der Waals surface area contributed by atoms with E-state index in [4.69, 9.17) is 0 Å². The number of nitrogens with zero attached hydrogens (tertiary/aromatic N) is 1. The van der Waals surface area contributed by atoms with E-state index < -0.39 is 0 Å². The maximum atomic E-state index is 11.8. The number of anilines is 1. The lowest BCUT2D eigenvalue weighted by Crippen LogP contribution is -2.35. The van der Waals surface area contributed by atoms with Crippen LogP contribution in [0.2, 0.25) is 0 Å². The summed E-state index contributed by atoms with van der Waals surface area (Å²) in [6, 6.07) is 3.06. The highest BCUT2D eigenvalue weighted by atomic mass is 16.3. The van der Waals surface area contributed by atoms with Crippen molar-refractivity contribution in [2.45, 2.75) is 25.8 Å². The van der Waals surface area contributed by atoms with Crippen LogP contribution < -0.4 is 10.6 Å². The average molecular weight is 221 g/mol. The SMILES string of the molecule is Cc1ccc(O)c(NC(=O)[C@H]2CCCN2)n1. The molecule has 0 bridgehead atoms. The van der Waals surface area contributed by atoms with E-state index in [1.807, 2.05) is 6.92 Å². The van der Waals surface area contributed by atoms with E-state index in [1.54, 1.807) is 6.07 Å². The molecule has 1 saturated heterocycles. The summed E-state index contributed by atoms with van der Waals surface area (Å²) >= 11 is 0. The first kappa shape index (κ1) is 10.9. The van der Waals surface area contributed by atoms with E-state index in [-0.39, 0.29) is 23.5 Å². The topological polar surface area (TPSA) is 74.2 Å². The van der Waals surface area contributed by atoms with E-state index in [0.717, 1.165) is 25.1 Å². The molecule has 1 amide bonds. The largest absolute Gasteiger partial charge is 0.504 e. The number of hydrogen-bond donors (Lipinski definition) is 3. The Morgan fingerprint density at radius 1 is 1.62 bits per heavy atom. The Bertz CT molecular complexity index is 400. The van der Waals surface area contributed by atoms with Gasteiger partial charge in [0.05, 0.1) is 6.04 Å². The van der Waals surface area contributed by atoms with Crippen LogP contribution in [0.3, 0.4) is 0 Å². The predicted molar refractivity (Wildman–Crippen MR) is 60.3 cm³/mol. The van der Waals surface area contributed by atoms with Gasteiger partial charge in [-0.1, -0.05) is 0 Å². The van der Waals surface area contributed by atoms with Gasteiger partial charge in [-0.15, -0.1) is 0 Å². The molecule has 0 unspecified atom stereocenters. The molecule has 1 fully saturated rings. The first-order valence-corrected chi connectivity index (χ1v) is 5.37. The quantitative estimate of drug-likeness (QED) is 0.690. The first-order valence-electron chi connectivity index (χ1n) is 5.37. The molecule has 0 radical (unpaired) electrons. The minimum absolute atomic E-state index is 0.00283. The van der Waals surface area contributed by atoms with Crippen molar-refractivity contribution in [3.63, 3.8) is 0 Å². The highest BCUT2D eigenvalue weighted by Gasteiger charge is 2.22. The molecule has 2 rings (SSSR count). The Hall–Kier alpha value is -1.62. The standard InChI is InChI=1S/C11H15N3O2/c1-7-4-5-9(15)10(13-7)14-11(16)8-3-2-6-12-8/h4-5,8,12,15H,2-3,6H2,1H3,(H,13,14,16)/t8-/m1/s1. The predicted octanol–water partition coefficient (Wildman–Crippen LogP) is 0.786. The van der Waals surface area contributed by atoms with Crippen LogP contribution in [-0.4, -0.2) is 28.6 Å². The molecule has 1 atom stereocenters. The molecule has 1 aromatic heterocycles. The van der Waals surface area contributed by atoms with Crippen LogP contribution in [0.25, 0.3) is 0 Å². The number of carbonyl (C=O) groups excluding carboxylic acids is 1. The van der Waals surface area contributed by atoms with Crippen LogP contribution in [0.5, 0.6) is 5.75 Å². The summed E-state index contributed by atoms with van der Waals surface area (Å²) in [5, 5.41) is 15.2. The minimum Gasteiger partial charge on any atom is -0.504 e. The second-order valence-corrected chi connectivity index (χ2v) is 3.96. The molecule has 86 valence electrons. The van der Waals surface area contributed by atoms with Crippen LogP contribution in [0, 0.1) is 6.92 Å². The molecule has 3 N–H and O–H groups in total. The number of rotatable bonds is 2. The third-order valence-electron chi connectivity index (χ3n) is 2.63. The van der Waals surface area contributed by atoms with Gasteiger partial charge < -0.3 is 15.7 Å². The van der Waals surface area contributed by atoms with Crippen molar-refractivity contribution in [2.24, 2.45) is 0 Å². The zero-order valence-electron chi connectivity index (χ0n) is 9.16. The van der Waals surface area contributed by atoms with Gasteiger partial charge in [-0.25, -0.2) is 4.98 Å². The molecule has 0 saturated carbocycles. The summed E-state index contributed by atoms with van der Waals surface area (Å²) in [5.74, 6) is 0.0987. The van der Waals surface area contributed by atoms with Crippen LogP contribution in [0.4, 0.5) is 5.82 Å². The Morgan fingerprint density at radius 3 is 3.12 bits per heavy atom. The number of aromatic nitrogens is 1. The first-order chi connectivity index (χ1) is 7.66. The smallest absolute Gasteiger partial charge is 0.242 e. The normalized spacial score (nSPS) is 19.7. The lowest BCUT2D eigenvalue weighted by Gasteiger charge is -2.11. The fourth-order valence-corrected chi connectivity index (χ4v) is 1.75. The summed E-state index contributed by atoms with van der Waals surface area (Å²) < 4.78 is 0. The van der Waals surface area contributed by atoms with Gasteiger partial charge in [0.15, 0.2) is 11.6 Å². The van der Waals surface area contributed by atoms with Crippen LogP contribution in [0.15, 0.2) is 12.1 Å². The highest BCUT2D eigenvalue weighted by Crippen LogP contribution is 2.20. The van der Waals surface area contributed by atoms with Crippen molar-refractivity contribution in [1.82, 2.24) is 10.3 Å². The monoisotopic (exact) mass is 221 g/mol. The van der Waals surface area contributed by atoms with E-state index in [0.29, 0.717) is 0 Å². The molecule has 0 spiro atoms. The van der Waals surface area contributed by atoms with Crippen molar-refractivity contribution in [1.29, 1.82) is 0 Å². The van der Waals surface area contributed by atoms with E-state index >= 15 is 0 Å². The van der Waals surface area contributed by atoms with Crippen LogP contribution in [-0.2, 0) is 4.79 Å². The molecule has 1 aromatic rings. The van der Waals surface area contributed by atoms with Gasteiger partial charge >= 0.3 is 0 Å². The van der Waals surface area contributed by atoms with Gasteiger partial charge in [-0.3, -0.25) is 4.79 Å². The zero-order valence-corrected chi connectivity index (χ0v) is 9.16. The molecule has 1 aliphatic heterocycles. The Labute approximate surface area is 93.9 Å². The van der Waals surface area contributed by atoms with Crippen LogP contribution in [0.1, 0.15) is 18.5 Å². The van der Waals surface area contributed by atoms with Gasteiger partial charge in [0.1, 0.15) is 0 Å². The lowest BCUT2D eigenvalue weighted by atomic mass is 10.2. The Kier molecular flexibility index (Phi) is 3.05. The summed E-state index contributed by atoms with van der Waals surface area (Å²) in [4.78, 5) is 15.8. The maximum absolute atomic E-state index is 11.8. The lowest BCUT2D eigenvalue weighted by molar-refractivity contribution is -0.117. The number of nitrogens with one attached hydrogen (secondary N) is 2. The van der Waals surface area contributed by atoms with Crippen molar-refractivity contribution < 1.29 is 9.90 Å². The van der Waals surface area contributed by atoms with Gasteiger partial charge in [-0.2, -0.15) is 0 Å². The number of aromatic hydroxyl groups is 1. The third-order valence-corrected chi connectivity index (χ3v) is 2.63. The van der Waals surface area contributed by atoms with Crippen molar-refractivity contribution >= 4 is 11.7 Å². The molecule has 16 heavy (non-hydrogen) atoms. The molecule has 0 aromatic carbocycles. The van der Waals surface area contributed by atoms with Gasteiger partial charge in [-0.05, 0) is 38.4 Å². The highest BCUT2D eigenvalue weighted by molar-refractivity contribution is 5.95. The van der Waals surface area contributed by atoms with Gasteiger partial charge in [0.25, 0.3) is 0 Å². The van der Waals surface area contributed by atoms with Crippen molar-refractivity contribution in [3.8, 4) is 5.75 Å². The Morgan fingerprint density at radius 2 is 2.44 bits per heavy atom. The molecule has 5 nitrogen and oxygen atoms in total. The Balaban J connectivity index is 2.07. The molecule has 0 aliphatic carbocycles. The average Bonchev–Trinajstić information content (AvgIpc) is 2.76. The summed E-state index contributed by atoms with van der Waals surface area (Å²) in [6.07, 6.45) is 1.84. The van der Waals surface area contributed by atoms with E-state index in [9.17, 15) is 9.90 Å². The number of amides is 1. The van der Waals surface area contributed by atoms with Crippen LogP contribution >= 0.6 is 0 Å². The fraction of sp³-hybridized carbons (Fsp3) is 0.455. The number of pyridine rings is 1. The summed E-state index contributed by atoms with van der Waals surface area (Å²) in [6.45, 7) is 2.67. The van der Waals surface area contributed by atoms with Gasteiger partial charge in [0.2, 0.25) is 5.91 Å². The molecule has 1 aliphatic rings. The zero-order chi connectivity index (χ0) is 11.5. The minimum atomic E-state index is -0.165. The van der Waals surface area contributed by atoms with Crippen molar-refractivity contribution in [2.75, 3.05) is 11.9 Å². The second kappa shape index (κ2) is 4.49. The van der Waals surface area contributed by atoms with Gasteiger partial charge in [0, 0.05) is 5.69 Å². The molecular weight excluding hydrogens is 206 g/mol. The summed E-state index contributed by atoms with van der Waals surface area (Å²) in [5.41, 5.74) is 0.757. The van der Waals surface area contributed by atoms with E-state index in [2.05, 4.69) is 15.6 Å². The third kappa shape index (κ3) is 2.30.